The standard InChI is InChI=1S/C15H24BrN3O/c1-5-15(4,18-8-6-7-9-18)14(20)13-12(16)10-17-19(13)11(2)3/h10-11H,5-9H2,1-4H3. The number of aromatic nitrogens is 2. The average molecular weight is 342 g/mol. The average Bonchev–Trinajstić information content (AvgIpc) is 3.06. The Morgan fingerprint density at radius 3 is 2.55 bits per heavy atom. The fourth-order valence-electron chi connectivity index (χ4n) is 2.94. The molecule has 0 spiro atoms. The van der Waals surface area contributed by atoms with Crippen LogP contribution in [-0.2, 0) is 0 Å². The lowest BCUT2D eigenvalue weighted by molar-refractivity contribution is 0.0633. The molecule has 112 valence electrons. The number of ketones is 1. The SMILES string of the molecule is CCC(C)(C(=O)c1c(Br)cnn1C(C)C)N1CCCC1. The Morgan fingerprint density at radius 2 is 2.05 bits per heavy atom. The molecule has 1 saturated heterocycles. The van der Waals surface area contributed by atoms with Crippen molar-refractivity contribution in [3.63, 3.8) is 0 Å². The molecule has 0 saturated carbocycles. The molecule has 4 nitrogen and oxygen atoms in total. The Kier molecular flexibility index (Phi) is 4.69. The predicted octanol–water partition coefficient (Wildman–Crippen LogP) is 3.67. The Labute approximate surface area is 129 Å². The molecule has 0 N–H and O–H groups in total. The van der Waals surface area contributed by atoms with Crippen LogP contribution < -0.4 is 0 Å². The van der Waals surface area contributed by atoms with Gasteiger partial charge in [-0.25, -0.2) is 0 Å². The van der Waals surface area contributed by atoms with E-state index in [1.54, 1.807) is 6.20 Å². The molecule has 2 rings (SSSR count). The van der Waals surface area contributed by atoms with Gasteiger partial charge in [0.05, 0.1) is 16.2 Å². The maximum Gasteiger partial charge on any atom is 0.201 e. The van der Waals surface area contributed by atoms with Gasteiger partial charge in [0.15, 0.2) is 0 Å². The zero-order valence-corrected chi connectivity index (χ0v) is 14.4. The van der Waals surface area contributed by atoms with Crippen LogP contribution in [0, 0.1) is 0 Å². The highest BCUT2D eigenvalue weighted by atomic mass is 79.9. The van der Waals surface area contributed by atoms with Gasteiger partial charge in [0.2, 0.25) is 5.78 Å². The van der Waals surface area contributed by atoms with Crippen molar-refractivity contribution in [2.45, 2.75) is 58.5 Å². The summed E-state index contributed by atoms with van der Waals surface area (Å²) < 4.78 is 2.63. The van der Waals surface area contributed by atoms with Crippen molar-refractivity contribution in [1.82, 2.24) is 14.7 Å². The first-order valence-electron chi connectivity index (χ1n) is 7.44. The number of carbonyl (C=O) groups is 1. The smallest absolute Gasteiger partial charge is 0.201 e. The number of hydrogen-bond donors (Lipinski definition) is 0. The van der Waals surface area contributed by atoms with Gasteiger partial charge in [-0.1, -0.05) is 6.92 Å². The van der Waals surface area contributed by atoms with E-state index in [2.05, 4.69) is 53.6 Å². The fraction of sp³-hybridized carbons (Fsp3) is 0.733. The summed E-state index contributed by atoms with van der Waals surface area (Å²) in [4.78, 5) is 15.5. The van der Waals surface area contributed by atoms with E-state index in [1.807, 2.05) is 4.68 Å². The first-order chi connectivity index (χ1) is 9.41. The van der Waals surface area contributed by atoms with Crippen LogP contribution in [-0.4, -0.2) is 39.1 Å². The van der Waals surface area contributed by atoms with Crippen LogP contribution in [0.3, 0.4) is 0 Å². The van der Waals surface area contributed by atoms with Crippen LogP contribution in [0.15, 0.2) is 10.7 Å². The molecule has 0 bridgehead atoms. The number of rotatable bonds is 5. The minimum Gasteiger partial charge on any atom is -0.291 e. The van der Waals surface area contributed by atoms with Crippen molar-refractivity contribution in [1.29, 1.82) is 0 Å². The normalized spacial score (nSPS) is 19.5. The first-order valence-corrected chi connectivity index (χ1v) is 8.24. The Balaban J connectivity index is 2.40. The summed E-state index contributed by atoms with van der Waals surface area (Å²) in [5.74, 6) is 0.181. The quantitative estimate of drug-likeness (QED) is 0.767. The van der Waals surface area contributed by atoms with Gasteiger partial charge in [-0.2, -0.15) is 5.10 Å². The van der Waals surface area contributed by atoms with Crippen LogP contribution in [0.2, 0.25) is 0 Å². The molecule has 0 aliphatic carbocycles. The van der Waals surface area contributed by atoms with Gasteiger partial charge in [-0.3, -0.25) is 14.4 Å². The summed E-state index contributed by atoms with van der Waals surface area (Å²) in [6.07, 6.45) is 4.93. The number of nitrogens with zero attached hydrogens (tertiary/aromatic N) is 3. The van der Waals surface area contributed by atoms with Crippen molar-refractivity contribution in [2.75, 3.05) is 13.1 Å². The summed E-state index contributed by atoms with van der Waals surface area (Å²) in [7, 11) is 0. The Bertz CT molecular complexity index is 491. The van der Waals surface area contributed by atoms with Crippen molar-refractivity contribution in [2.24, 2.45) is 0 Å². The molecule has 1 aromatic heterocycles. The third-order valence-electron chi connectivity index (χ3n) is 4.44. The highest BCUT2D eigenvalue weighted by molar-refractivity contribution is 9.10. The molecule has 1 atom stereocenters. The van der Waals surface area contributed by atoms with E-state index in [1.165, 1.54) is 12.8 Å². The molecular formula is C15H24BrN3O. The van der Waals surface area contributed by atoms with Crippen molar-refractivity contribution >= 4 is 21.7 Å². The second-order valence-corrected chi connectivity index (χ2v) is 6.88. The lowest BCUT2D eigenvalue weighted by Crippen LogP contribution is -2.51. The van der Waals surface area contributed by atoms with Crippen LogP contribution >= 0.6 is 15.9 Å². The first kappa shape index (κ1) is 15.7. The maximum atomic E-state index is 13.2. The Morgan fingerprint density at radius 1 is 1.45 bits per heavy atom. The predicted molar refractivity (Wildman–Crippen MR) is 84.1 cm³/mol. The van der Waals surface area contributed by atoms with E-state index < -0.39 is 5.54 Å². The van der Waals surface area contributed by atoms with E-state index in [0.29, 0.717) is 5.69 Å². The second kappa shape index (κ2) is 5.98. The zero-order valence-electron chi connectivity index (χ0n) is 12.8. The number of hydrogen-bond acceptors (Lipinski definition) is 3. The monoisotopic (exact) mass is 341 g/mol. The lowest BCUT2D eigenvalue weighted by atomic mass is 9.89. The van der Waals surface area contributed by atoms with Gasteiger partial charge in [0.1, 0.15) is 5.69 Å². The largest absolute Gasteiger partial charge is 0.291 e. The van der Waals surface area contributed by atoms with E-state index in [-0.39, 0.29) is 11.8 Å². The number of carbonyl (C=O) groups excluding carboxylic acids is 1. The number of Topliss-reactive ketones (excluding diaryl/α,β-unsaturated/α-hetero) is 1. The van der Waals surface area contributed by atoms with Gasteiger partial charge < -0.3 is 0 Å². The van der Waals surface area contributed by atoms with E-state index >= 15 is 0 Å². The van der Waals surface area contributed by atoms with Gasteiger partial charge in [0, 0.05) is 6.04 Å². The van der Waals surface area contributed by atoms with Gasteiger partial charge in [-0.05, 0) is 69.1 Å². The molecule has 0 aromatic carbocycles. The van der Waals surface area contributed by atoms with Crippen LogP contribution in [0.25, 0.3) is 0 Å². The summed E-state index contributed by atoms with van der Waals surface area (Å²) in [5.41, 5.74) is 0.280. The molecule has 0 radical (unpaired) electrons. The highest BCUT2D eigenvalue weighted by Crippen LogP contribution is 2.31. The van der Waals surface area contributed by atoms with Crippen molar-refractivity contribution < 1.29 is 4.79 Å². The number of halogens is 1. The zero-order chi connectivity index (χ0) is 14.9. The molecule has 0 amide bonds. The molecule has 1 aliphatic rings. The summed E-state index contributed by atoms with van der Waals surface area (Å²) in [6, 6.07) is 0.180. The lowest BCUT2D eigenvalue weighted by Gasteiger charge is -2.37. The van der Waals surface area contributed by atoms with Crippen LogP contribution in [0.1, 0.15) is 63.5 Å². The fourth-order valence-corrected chi connectivity index (χ4v) is 3.39. The topological polar surface area (TPSA) is 38.1 Å². The van der Waals surface area contributed by atoms with E-state index in [9.17, 15) is 4.79 Å². The number of likely N-dealkylation sites (tertiary alicyclic amines) is 1. The van der Waals surface area contributed by atoms with Crippen molar-refractivity contribution in [3.05, 3.63) is 16.4 Å². The summed E-state index contributed by atoms with van der Waals surface area (Å²) >= 11 is 3.49. The molecule has 2 heterocycles. The third kappa shape index (κ3) is 2.58. The van der Waals surface area contributed by atoms with Gasteiger partial charge in [0.25, 0.3) is 0 Å². The minimum absolute atomic E-state index is 0.180. The maximum absolute atomic E-state index is 13.2. The highest BCUT2D eigenvalue weighted by Gasteiger charge is 2.41. The van der Waals surface area contributed by atoms with Gasteiger partial charge in [-0.15, -0.1) is 0 Å². The van der Waals surface area contributed by atoms with Crippen LogP contribution in [0.5, 0.6) is 0 Å². The molecule has 1 unspecified atom stereocenters. The summed E-state index contributed by atoms with van der Waals surface area (Å²) in [5, 5.41) is 4.34. The van der Waals surface area contributed by atoms with Gasteiger partial charge >= 0.3 is 0 Å². The molecule has 1 aromatic rings. The van der Waals surface area contributed by atoms with E-state index in [0.717, 1.165) is 24.0 Å². The van der Waals surface area contributed by atoms with Crippen LogP contribution in [0.4, 0.5) is 0 Å². The summed E-state index contributed by atoms with van der Waals surface area (Å²) in [6.45, 7) is 10.3. The van der Waals surface area contributed by atoms with E-state index in [4.69, 9.17) is 0 Å². The minimum atomic E-state index is -0.425. The second-order valence-electron chi connectivity index (χ2n) is 6.03. The third-order valence-corrected chi connectivity index (χ3v) is 5.02. The Hall–Kier alpha value is -0.680. The molecule has 20 heavy (non-hydrogen) atoms. The molecule has 1 fully saturated rings. The molecule has 1 aliphatic heterocycles. The molecule has 5 heteroatoms. The van der Waals surface area contributed by atoms with Crippen molar-refractivity contribution in [3.8, 4) is 0 Å². The molecular weight excluding hydrogens is 318 g/mol.